The average molecular weight is 230 g/mol. The molecule has 0 saturated heterocycles. The molecule has 90 valence electrons. The Hall–Kier alpha value is -1.57. The highest BCUT2D eigenvalue weighted by Gasteiger charge is 2.20. The third-order valence-corrected chi connectivity index (χ3v) is 3.14. The molecule has 0 radical (unpaired) electrons. The van der Waals surface area contributed by atoms with Gasteiger partial charge in [-0.2, -0.15) is 0 Å². The highest BCUT2D eigenvalue weighted by Crippen LogP contribution is 2.25. The molecule has 0 spiro atoms. The molecule has 1 aliphatic rings. The molecule has 1 heterocycles. The summed E-state index contributed by atoms with van der Waals surface area (Å²) in [5.41, 5.74) is 2.70. The topological polar surface area (TPSA) is 30.2 Å². The van der Waals surface area contributed by atoms with Crippen molar-refractivity contribution in [3.05, 3.63) is 47.5 Å². The van der Waals surface area contributed by atoms with Gasteiger partial charge in [-0.25, -0.2) is 0 Å². The van der Waals surface area contributed by atoms with E-state index in [9.17, 15) is 4.79 Å². The standard InChI is InChI=1S/C15H18O2/c1-10-5-4-6-11(2)8-14-15(13(16)7-10)12(3)9-17-14/h4,6,9-10H,2,5,7-8H2,1,3H3. The highest BCUT2D eigenvalue weighted by molar-refractivity contribution is 5.98. The van der Waals surface area contributed by atoms with Crippen LogP contribution in [0.3, 0.4) is 0 Å². The minimum atomic E-state index is 0.196. The Morgan fingerprint density at radius 2 is 2.24 bits per heavy atom. The van der Waals surface area contributed by atoms with E-state index in [2.05, 4.69) is 19.6 Å². The fourth-order valence-corrected chi connectivity index (χ4v) is 2.24. The van der Waals surface area contributed by atoms with Crippen LogP contribution in [0, 0.1) is 12.8 Å². The SMILES string of the molecule is C=C1C=CCC(C)CC(=O)c2c(C)coc2C1. The fourth-order valence-electron chi connectivity index (χ4n) is 2.24. The van der Waals surface area contributed by atoms with Gasteiger partial charge in [-0.05, 0) is 30.4 Å². The Morgan fingerprint density at radius 1 is 1.47 bits per heavy atom. The molecule has 1 unspecified atom stereocenters. The van der Waals surface area contributed by atoms with E-state index in [0.29, 0.717) is 18.8 Å². The molecule has 0 fully saturated rings. The zero-order valence-electron chi connectivity index (χ0n) is 10.5. The zero-order chi connectivity index (χ0) is 12.4. The number of carbonyl (C=O) groups is 1. The Bertz CT molecular complexity index is 477. The molecular formula is C15H18O2. The summed E-state index contributed by atoms with van der Waals surface area (Å²) >= 11 is 0. The number of allylic oxidation sites excluding steroid dienone is 3. The van der Waals surface area contributed by atoms with Crippen LogP contribution in [0.1, 0.15) is 41.4 Å². The van der Waals surface area contributed by atoms with E-state index >= 15 is 0 Å². The number of hydrogen-bond acceptors (Lipinski definition) is 2. The number of furan rings is 1. The van der Waals surface area contributed by atoms with E-state index < -0.39 is 0 Å². The zero-order valence-corrected chi connectivity index (χ0v) is 10.5. The summed E-state index contributed by atoms with van der Waals surface area (Å²) in [7, 11) is 0. The van der Waals surface area contributed by atoms with Crippen molar-refractivity contribution in [3.63, 3.8) is 0 Å². The Morgan fingerprint density at radius 3 is 3.00 bits per heavy atom. The van der Waals surface area contributed by atoms with Crippen molar-refractivity contribution in [1.82, 2.24) is 0 Å². The van der Waals surface area contributed by atoms with Crippen LogP contribution in [0.25, 0.3) is 0 Å². The molecule has 2 heteroatoms. The summed E-state index contributed by atoms with van der Waals surface area (Å²) in [6.07, 6.45) is 7.94. The predicted octanol–water partition coefficient (Wildman–Crippen LogP) is 3.86. The van der Waals surface area contributed by atoms with Gasteiger partial charge < -0.3 is 4.42 Å². The quantitative estimate of drug-likeness (QED) is 0.677. The summed E-state index contributed by atoms with van der Waals surface area (Å²) in [6, 6.07) is 0. The van der Waals surface area contributed by atoms with E-state index in [-0.39, 0.29) is 5.78 Å². The van der Waals surface area contributed by atoms with Crippen LogP contribution in [0.5, 0.6) is 0 Å². The smallest absolute Gasteiger partial charge is 0.166 e. The average Bonchev–Trinajstić information content (AvgIpc) is 2.58. The number of Topliss-reactive ketones (excluding diaryl/α,β-unsaturated/α-hetero) is 1. The number of ketones is 1. The summed E-state index contributed by atoms with van der Waals surface area (Å²) < 4.78 is 5.48. The second-order valence-corrected chi connectivity index (χ2v) is 4.92. The number of fused-ring (bicyclic) bond motifs is 1. The lowest BCUT2D eigenvalue weighted by molar-refractivity contribution is 0.0962. The van der Waals surface area contributed by atoms with E-state index in [1.54, 1.807) is 6.26 Å². The van der Waals surface area contributed by atoms with Gasteiger partial charge in [0.25, 0.3) is 0 Å². The van der Waals surface area contributed by atoms with Gasteiger partial charge in [0, 0.05) is 12.8 Å². The minimum absolute atomic E-state index is 0.196. The largest absolute Gasteiger partial charge is 0.468 e. The molecule has 1 atom stereocenters. The molecular weight excluding hydrogens is 212 g/mol. The van der Waals surface area contributed by atoms with Gasteiger partial charge in [0.15, 0.2) is 5.78 Å². The van der Waals surface area contributed by atoms with Crippen LogP contribution in [-0.4, -0.2) is 5.78 Å². The van der Waals surface area contributed by atoms with Crippen molar-refractivity contribution in [2.75, 3.05) is 0 Å². The summed E-state index contributed by atoms with van der Waals surface area (Å²) in [4.78, 5) is 12.2. The molecule has 1 aromatic rings. The van der Waals surface area contributed by atoms with E-state index in [1.807, 2.05) is 13.0 Å². The molecule has 1 aliphatic carbocycles. The molecule has 17 heavy (non-hydrogen) atoms. The number of carbonyl (C=O) groups excluding carboxylic acids is 1. The van der Waals surface area contributed by atoms with Crippen molar-refractivity contribution in [1.29, 1.82) is 0 Å². The van der Waals surface area contributed by atoms with E-state index in [4.69, 9.17) is 4.42 Å². The number of aryl methyl sites for hydroxylation is 1. The molecule has 0 saturated carbocycles. The van der Waals surface area contributed by atoms with Crippen molar-refractivity contribution < 1.29 is 9.21 Å². The van der Waals surface area contributed by atoms with Gasteiger partial charge in [0.1, 0.15) is 5.76 Å². The molecule has 0 amide bonds. The maximum absolute atomic E-state index is 12.2. The van der Waals surface area contributed by atoms with Gasteiger partial charge in [0.05, 0.1) is 11.8 Å². The lowest BCUT2D eigenvalue weighted by Gasteiger charge is -2.11. The van der Waals surface area contributed by atoms with E-state index in [1.165, 1.54) is 0 Å². The van der Waals surface area contributed by atoms with Crippen LogP contribution < -0.4 is 0 Å². The van der Waals surface area contributed by atoms with Crippen LogP contribution in [0.2, 0.25) is 0 Å². The van der Waals surface area contributed by atoms with Gasteiger partial charge in [-0.3, -0.25) is 4.79 Å². The number of rotatable bonds is 0. The first kappa shape index (κ1) is 11.9. The second kappa shape index (κ2) is 4.74. The molecule has 0 N–H and O–H groups in total. The Labute approximate surface area is 102 Å². The van der Waals surface area contributed by atoms with Crippen molar-refractivity contribution >= 4 is 5.78 Å². The monoisotopic (exact) mass is 230 g/mol. The molecule has 0 aliphatic heterocycles. The fraction of sp³-hybridized carbons (Fsp3) is 0.400. The lowest BCUT2D eigenvalue weighted by atomic mass is 9.92. The molecule has 2 nitrogen and oxygen atoms in total. The van der Waals surface area contributed by atoms with Gasteiger partial charge in [0.2, 0.25) is 0 Å². The van der Waals surface area contributed by atoms with Crippen molar-refractivity contribution in [2.45, 2.75) is 33.1 Å². The molecule has 0 bridgehead atoms. The molecule has 2 rings (SSSR count). The summed E-state index contributed by atoms with van der Waals surface area (Å²) in [6.45, 7) is 8.01. The highest BCUT2D eigenvalue weighted by atomic mass is 16.3. The molecule has 0 aromatic carbocycles. The minimum Gasteiger partial charge on any atom is -0.468 e. The third-order valence-electron chi connectivity index (χ3n) is 3.14. The summed E-state index contributed by atoms with van der Waals surface area (Å²) in [5.74, 6) is 1.32. The first-order chi connectivity index (χ1) is 8.08. The maximum Gasteiger partial charge on any atom is 0.166 e. The van der Waals surface area contributed by atoms with E-state index in [0.717, 1.165) is 28.9 Å². The Kier molecular flexibility index (Phi) is 3.32. The maximum atomic E-state index is 12.2. The first-order valence-electron chi connectivity index (χ1n) is 6.02. The summed E-state index contributed by atoms with van der Waals surface area (Å²) in [5, 5.41) is 0. The van der Waals surface area contributed by atoms with Crippen LogP contribution >= 0.6 is 0 Å². The van der Waals surface area contributed by atoms with Gasteiger partial charge >= 0.3 is 0 Å². The van der Waals surface area contributed by atoms with Gasteiger partial charge in [-0.1, -0.05) is 25.7 Å². The second-order valence-electron chi connectivity index (χ2n) is 4.92. The lowest BCUT2D eigenvalue weighted by Crippen LogP contribution is -2.09. The first-order valence-corrected chi connectivity index (χ1v) is 6.02. The van der Waals surface area contributed by atoms with Crippen molar-refractivity contribution in [2.24, 2.45) is 5.92 Å². The Balaban J connectivity index is 2.41. The normalized spacial score (nSPS) is 21.4. The third kappa shape index (κ3) is 2.57. The predicted molar refractivity (Wildman–Crippen MR) is 68.2 cm³/mol. The van der Waals surface area contributed by atoms with Crippen LogP contribution in [0.15, 0.2) is 35.0 Å². The van der Waals surface area contributed by atoms with Gasteiger partial charge in [-0.15, -0.1) is 0 Å². The van der Waals surface area contributed by atoms with Crippen LogP contribution in [0.4, 0.5) is 0 Å². The molecule has 1 aromatic heterocycles. The van der Waals surface area contributed by atoms with Crippen molar-refractivity contribution in [3.8, 4) is 0 Å². The van der Waals surface area contributed by atoms with Crippen LogP contribution in [-0.2, 0) is 6.42 Å². The number of hydrogen-bond donors (Lipinski definition) is 0.